The summed E-state index contributed by atoms with van der Waals surface area (Å²) in [5.41, 5.74) is 1.34. The molecule has 1 fully saturated rings. The molecule has 1 N–H and O–H groups in total. The van der Waals surface area contributed by atoms with Crippen LogP contribution in [-0.4, -0.2) is 55.7 Å². The van der Waals surface area contributed by atoms with Crippen molar-refractivity contribution >= 4 is 16.3 Å². The fourth-order valence-electron chi connectivity index (χ4n) is 4.06. The zero-order valence-corrected chi connectivity index (χ0v) is 17.8. The third-order valence-corrected chi connectivity index (χ3v) is 6.71. The molecule has 30 heavy (non-hydrogen) atoms. The minimum Gasteiger partial charge on any atom is -0.492 e. The Hall–Kier alpha value is -2.68. The highest BCUT2D eigenvalue weighted by atomic mass is 32.1. The van der Waals surface area contributed by atoms with E-state index in [0.717, 1.165) is 60.6 Å². The number of piperazine rings is 1. The summed E-state index contributed by atoms with van der Waals surface area (Å²) in [5.74, 6) is 1.74. The number of rotatable bonds is 6. The second-order valence-electron chi connectivity index (χ2n) is 7.58. The van der Waals surface area contributed by atoms with Gasteiger partial charge in [-0.3, -0.25) is 9.80 Å². The van der Waals surface area contributed by atoms with E-state index in [9.17, 15) is 5.11 Å². The van der Waals surface area contributed by atoms with Gasteiger partial charge in [-0.05, 0) is 17.7 Å². The molecule has 1 aromatic carbocycles. The summed E-state index contributed by atoms with van der Waals surface area (Å²) in [7, 11) is 0. The summed E-state index contributed by atoms with van der Waals surface area (Å²) < 4.78 is 7.34. The molecule has 0 aliphatic carbocycles. The van der Waals surface area contributed by atoms with E-state index < -0.39 is 0 Å². The van der Waals surface area contributed by atoms with E-state index in [-0.39, 0.29) is 11.9 Å². The van der Waals surface area contributed by atoms with E-state index in [1.807, 2.05) is 19.1 Å². The first-order valence-corrected chi connectivity index (χ1v) is 11.2. The molecule has 156 valence electrons. The van der Waals surface area contributed by atoms with E-state index in [2.05, 4.69) is 50.2 Å². The van der Waals surface area contributed by atoms with Crippen LogP contribution < -0.4 is 0 Å². The number of aromatic nitrogens is 3. The van der Waals surface area contributed by atoms with Crippen molar-refractivity contribution in [2.45, 2.75) is 25.9 Å². The van der Waals surface area contributed by atoms with Crippen molar-refractivity contribution in [3.63, 3.8) is 0 Å². The Labute approximate surface area is 179 Å². The van der Waals surface area contributed by atoms with E-state index >= 15 is 0 Å². The molecule has 8 heteroatoms. The summed E-state index contributed by atoms with van der Waals surface area (Å²) in [6.45, 7) is 6.69. The monoisotopic (exact) mass is 423 g/mol. The van der Waals surface area contributed by atoms with Gasteiger partial charge in [0.1, 0.15) is 11.8 Å². The third kappa shape index (κ3) is 3.62. The lowest BCUT2D eigenvalue weighted by molar-refractivity contribution is 0.0970. The maximum absolute atomic E-state index is 10.9. The van der Waals surface area contributed by atoms with Gasteiger partial charge in [0.2, 0.25) is 10.8 Å². The number of thiazole rings is 1. The molecule has 0 radical (unpaired) electrons. The van der Waals surface area contributed by atoms with Gasteiger partial charge in [0.15, 0.2) is 5.82 Å². The molecule has 1 aliphatic rings. The molecule has 4 aromatic rings. The standard InChI is InChI=1S/C22H25N5O2S/c1-2-18-23-22-27(24-18)21(28)20(30-22)19(17-9-6-14-29-17)26-12-10-25(11-13-26)15-16-7-4-3-5-8-16/h3-9,14,19,28H,2,10-13,15H2,1H3/t19-/m1/s1. The number of fused-ring (bicyclic) bond motifs is 1. The number of aromatic hydroxyl groups is 1. The normalized spacial score (nSPS) is 17.0. The molecular weight excluding hydrogens is 398 g/mol. The van der Waals surface area contributed by atoms with Crippen LogP contribution in [-0.2, 0) is 13.0 Å². The largest absolute Gasteiger partial charge is 0.492 e. The lowest BCUT2D eigenvalue weighted by atomic mass is 10.1. The Morgan fingerprint density at radius 2 is 1.90 bits per heavy atom. The maximum Gasteiger partial charge on any atom is 0.230 e. The molecular formula is C22H25N5O2S. The van der Waals surface area contributed by atoms with Gasteiger partial charge in [-0.15, -0.1) is 5.10 Å². The third-order valence-electron chi connectivity index (χ3n) is 5.64. The SMILES string of the molecule is CCc1nc2sc([C@@H](c3ccco3)N3CCN(Cc4ccccc4)CC3)c(O)n2n1. The molecule has 3 aromatic heterocycles. The van der Waals surface area contributed by atoms with Crippen LogP contribution in [0.25, 0.3) is 4.96 Å². The van der Waals surface area contributed by atoms with Crippen molar-refractivity contribution in [2.75, 3.05) is 26.2 Å². The Morgan fingerprint density at radius 3 is 2.57 bits per heavy atom. The van der Waals surface area contributed by atoms with Crippen molar-refractivity contribution in [2.24, 2.45) is 0 Å². The van der Waals surface area contributed by atoms with Crippen LogP contribution in [0.15, 0.2) is 53.1 Å². The van der Waals surface area contributed by atoms with Crippen molar-refractivity contribution in [1.29, 1.82) is 0 Å². The molecule has 1 aliphatic heterocycles. The average Bonchev–Trinajstić information content (AvgIpc) is 3.50. The summed E-state index contributed by atoms with van der Waals surface area (Å²) in [4.78, 5) is 10.9. The lowest BCUT2D eigenvalue weighted by Crippen LogP contribution is -2.47. The Bertz CT molecular complexity index is 1100. The zero-order valence-electron chi connectivity index (χ0n) is 16.9. The number of hydrogen-bond acceptors (Lipinski definition) is 7. The highest BCUT2D eigenvalue weighted by Crippen LogP contribution is 2.40. The second kappa shape index (κ2) is 8.22. The molecule has 1 atom stereocenters. The van der Waals surface area contributed by atoms with Gasteiger partial charge in [-0.25, -0.2) is 4.98 Å². The van der Waals surface area contributed by atoms with Gasteiger partial charge >= 0.3 is 0 Å². The first kappa shape index (κ1) is 19.3. The van der Waals surface area contributed by atoms with Crippen LogP contribution in [0.2, 0.25) is 0 Å². The van der Waals surface area contributed by atoms with E-state index in [0.29, 0.717) is 0 Å². The summed E-state index contributed by atoms with van der Waals surface area (Å²) >= 11 is 1.49. The smallest absolute Gasteiger partial charge is 0.230 e. The van der Waals surface area contributed by atoms with Crippen molar-refractivity contribution in [3.05, 3.63) is 70.8 Å². The Morgan fingerprint density at radius 1 is 1.10 bits per heavy atom. The van der Waals surface area contributed by atoms with Crippen molar-refractivity contribution < 1.29 is 9.52 Å². The van der Waals surface area contributed by atoms with E-state index in [4.69, 9.17) is 4.42 Å². The quantitative estimate of drug-likeness (QED) is 0.511. The van der Waals surface area contributed by atoms with Gasteiger partial charge in [-0.1, -0.05) is 48.6 Å². The van der Waals surface area contributed by atoms with Gasteiger partial charge in [0.25, 0.3) is 0 Å². The minimum atomic E-state index is -0.141. The average molecular weight is 424 g/mol. The number of nitrogens with zero attached hydrogens (tertiary/aromatic N) is 5. The van der Waals surface area contributed by atoms with Crippen LogP contribution in [0.4, 0.5) is 0 Å². The molecule has 0 spiro atoms. The molecule has 1 saturated heterocycles. The molecule has 0 bridgehead atoms. The first-order valence-electron chi connectivity index (χ1n) is 10.3. The molecule has 0 unspecified atom stereocenters. The van der Waals surface area contributed by atoms with E-state index in [1.54, 1.807) is 10.8 Å². The van der Waals surface area contributed by atoms with Gasteiger partial charge in [0.05, 0.1) is 11.1 Å². The fourth-order valence-corrected chi connectivity index (χ4v) is 5.18. The van der Waals surface area contributed by atoms with Crippen LogP contribution in [0, 0.1) is 0 Å². The molecule has 7 nitrogen and oxygen atoms in total. The highest BCUT2D eigenvalue weighted by Gasteiger charge is 2.33. The van der Waals surface area contributed by atoms with Gasteiger partial charge < -0.3 is 9.52 Å². The molecule has 5 rings (SSSR count). The predicted molar refractivity (Wildman–Crippen MR) is 116 cm³/mol. The van der Waals surface area contributed by atoms with Crippen LogP contribution in [0.5, 0.6) is 5.88 Å². The maximum atomic E-state index is 10.9. The molecule has 0 saturated carbocycles. The Balaban J connectivity index is 1.38. The van der Waals surface area contributed by atoms with E-state index in [1.165, 1.54) is 16.9 Å². The first-order chi connectivity index (χ1) is 14.7. The summed E-state index contributed by atoms with van der Waals surface area (Å²) in [5, 5.41) is 15.4. The number of hydrogen-bond donors (Lipinski definition) is 1. The lowest BCUT2D eigenvalue weighted by Gasteiger charge is -2.38. The zero-order chi connectivity index (χ0) is 20.5. The number of benzene rings is 1. The number of aryl methyl sites for hydroxylation is 1. The van der Waals surface area contributed by atoms with Crippen LogP contribution in [0.1, 0.15) is 35.0 Å². The highest BCUT2D eigenvalue weighted by molar-refractivity contribution is 7.17. The van der Waals surface area contributed by atoms with Crippen molar-refractivity contribution in [3.8, 4) is 5.88 Å². The van der Waals surface area contributed by atoms with Gasteiger partial charge in [0, 0.05) is 39.1 Å². The fraction of sp³-hybridized carbons (Fsp3) is 0.364. The summed E-state index contributed by atoms with van der Waals surface area (Å²) in [6.07, 6.45) is 2.44. The number of furan rings is 1. The van der Waals surface area contributed by atoms with Crippen molar-refractivity contribution in [1.82, 2.24) is 24.4 Å². The second-order valence-corrected chi connectivity index (χ2v) is 8.59. The van der Waals surface area contributed by atoms with Gasteiger partial charge in [-0.2, -0.15) is 4.52 Å². The summed E-state index contributed by atoms with van der Waals surface area (Å²) in [6, 6.07) is 14.3. The van der Waals surface area contributed by atoms with Crippen LogP contribution >= 0.6 is 11.3 Å². The minimum absolute atomic E-state index is 0.141. The molecule has 4 heterocycles. The topological polar surface area (TPSA) is 70.0 Å². The predicted octanol–water partition coefficient (Wildman–Crippen LogP) is 3.56. The molecule has 0 amide bonds. The Kier molecular flexibility index (Phi) is 5.28. The van der Waals surface area contributed by atoms with Crippen LogP contribution in [0.3, 0.4) is 0 Å².